The molecule has 0 unspecified atom stereocenters. The molecule has 1 N–H and O–H groups in total. The Morgan fingerprint density at radius 2 is 2.15 bits per heavy atom. The van der Waals surface area contributed by atoms with Gasteiger partial charge in [0.05, 0.1) is 6.61 Å². The van der Waals surface area contributed by atoms with Gasteiger partial charge in [-0.05, 0) is 43.7 Å². The summed E-state index contributed by atoms with van der Waals surface area (Å²) in [6.07, 6.45) is 3.76. The molecule has 1 saturated heterocycles. The highest BCUT2D eigenvalue weighted by molar-refractivity contribution is 5.88. The molecule has 1 heterocycles. The zero-order valence-corrected chi connectivity index (χ0v) is 12.3. The van der Waals surface area contributed by atoms with Gasteiger partial charge in [-0.1, -0.05) is 29.8 Å². The molecule has 1 fully saturated rings. The maximum absolute atomic E-state index is 12.0. The second kappa shape index (κ2) is 6.71. The van der Waals surface area contributed by atoms with Gasteiger partial charge in [-0.2, -0.15) is 0 Å². The van der Waals surface area contributed by atoms with Crippen LogP contribution in [-0.2, 0) is 17.8 Å². The van der Waals surface area contributed by atoms with Crippen molar-refractivity contribution in [2.75, 3.05) is 13.1 Å². The Labute approximate surface area is 120 Å². The van der Waals surface area contributed by atoms with E-state index in [1.54, 1.807) is 6.08 Å². The van der Waals surface area contributed by atoms with Crippen molar-refractivity contribution in [3.8, 4) is 0 Å². The highest BCUT2D eigenvalue weighted by atomic mass is 16.3. The quantitative estimate of drug-likeness (QED) is 0.856. The number of hydrogen-bond acceptors (Lipinski definition) is 2. The lowest BCUT2D eigenvalue weighted by molar-refractivity contribution is -0.125. The number of amides is 1. The van der Waals surface area contributed by atoms with E-state index in [9.17, 15) is 4.79 Å². The second-order valence-corrected chi connectivity index (χ2v) is 5.84. The van der Waals surface area contributed by atoms with Crippen molar-refractivity contribution in [2.45, 2.75) is 33.3 Å². The number of carbonyl (C=O) groups excluding carboxylic acids is 1. The minimum atomic E-state index is 0.0870. The van der Waals surface area contributed by atoms with Crippen LogP contribution in [0, 0.1) is 5.92 Å². The molecular formula is C17H23NO2. The molecule has 0 bridgehead atoms. The fourth-order valence-corrected chi connectivity index (χ4v) is 2.73. The third-order valence-corrected chi connectivity index (χ3v) is 3.71. The number of hydrogen-bond donors (Lipinski definition) is 1. The van der Waals surface area contributed by atoms with Crippen LogP contribution in [0.4, 0.5) is 0 Å². The van der Waals surface area contributed by atoms with Crippen LogP contribution in [0.3, 0.4) is 0 Å². The van der Waals surface area contributed by atoms with E-state index in [0.29, 0.717) is 5.92 Å². The number of rotatable bonds is 4. The summed E-state index contributed by atoms with van der Waals surface area (Å²) >= 11 is 0. The molecule has 0 spiro atoms. The molecule has 1 amide bonds. The fraction of sp³-hybridized carbons (Fsp3) is 0.471. The smallest absolute Gasteiger partial charge is 0.246 e. The van der Waals surface area contributed by atoms with Gasteiger partial charge in [0.2, 0.25) is 5.91 Å². The predicted molar refractivity (Wildman–Crippen MR) is 80.2 cm³/mol. The van der Waals surface area contributed by atoms with Gasteiger partial charge in [-0.15, -0.1) is 0 Å². The van der Waals surface area contributed by atoms with Crippen molar-refractivity contribution in [1.29, 1.82) is 0 Å². The molecule has 3 nitrogen and oxygen atoms in total. The summed E-state index contributed by atoms with van der Waals surface area (Å²) in [5.41, 5.74) is 3.25. The molecule has 0 aliphatic carbocycles. The van der Waals surface area contributed by atoms with E-state index in [1.807, 2.05) is 30.9 Å². The molecule has 1 aromatic carbocycles. The predicted octanol–water partition coefficient (Wildman–Crippen LogP) is 2.54. The number of aliphatic hydroxyl groups excluding tert-OH is 1. The number of carbonyl (C=O) groups is 1. The van der Waals surface area contributed by atoms with Crippen LogP contribution in [0.2, 0.25) is 0 Å². The second-order valence-electron chi connectivity index (χ2n) is 5.84. The minimum Gasteiger partial charge on any atom is -0.392 e. The average Bonchev–Trinajstić information content (AvgIpc) is 2.87. The van der Waals surface area contributed by atoms with Crippen molar-refractivity contribution in [3.05, 3.63) is 47.0 Å². The lowest BCUT2D eigenvalue weighted by atomic mass is 9.97. The van der Waals surface area contributed by atoms with E-state index in [0.717, 1.165) is 37.1 Å². The Kier molecular flexibility index (Phi) is 4.96. The first-order valence-corrected chi connectivity index (χ1v) is 7.21. The lowest BCUT2D eigenvalue weighted by Gasteiger charge is -2.15. The highest BCUT2D eigenvalue weighted by Crippen LogP contribution is 2.22. The molecule has 108 valence electrons. The molecule has 1 aliphatic rings. The van der Waals surface area contributed by atoms with E-state index >= 15 is 0 Å². The van der Waals surface area contributed by atoms with Gasteiger partial charge in [-0.3, -0.25) is 4.79 Å². The van der Waals surface area contributed by atoms with Crippen LogP contribution < -0.4 is 0 Å². The van der Waals surface area contributed by atoms with E-state index < -0.39 is 0 Å². The normalized spacial score (nSPS) is 18.1. The van der Waals surface area contributed by atoms with Crippen molar-refractivity contribution >= 4 is 5.91 Å². The van der Waals surface area contributed by atoms with Crippen LogP contribution in [0.25, 0.3) is 0 Å². The van der Waals surface area contributed by atoms with Crippen molar-refractivity contribution in [2.24, 2.45) is 5.92 Å². The molecular weight excluding hydrogens is 250 g/mol. The van der Waals surface area contributed by atoms with Crippen LogP contribution in [0.1, 0.15) is 31.4 Å². The third-order valence-electron chi connectivity index (χ3n) is 3.71. The Morgan fingerprint density at radius 3 is 2.85 bits per heavy atom. The molecule has 1 aliphatic heterocycles. The van der Waals surface area contributed by atoms with Gasteiger partial charge in [0.25, 0.3) is 0 Å². The van der Waals surface area contributed by atoms with Crippen LogP contribution in [-0.4, -0.2) is 29.0 Å². The van der Waals surface area contributed by atoms with E-state index in [2.05, 4.69) is 12.1 Å². The van der Waals surface area contributed by atoms with Crippen LogP contribution >= 0.6 is 0 Å². The molecule has 0 radical (unpaired) electrons. The van der Waals surface area contributed by atoms with Gasteiger partial charge < -0.3 is 10.0 Å². The number of aliphatic hydroxyl groups is 1. The fourth-order valence-electron chi connectivity index (χ4n) is 2.73. The van der Waals surface area contributed by atoms with Crippen LogP contribution in [0.15, 0.2) is 35.9 Å². The summed E-state index contributed by atoms with van der Waals surface area (Å²) in [7, 11) is 0. The lowest BCUT2D eigenvalue weighted by Crippen LogP contribution is -2.27. The Bertz CT molecular complexity index is 503. The zero-order valence-electron chi connectivity index (χ0n) is 12.3. The first-order chi connectivity index (χ1) is 9.58. The molecule has 0 saturated carbocycles. The summed E-state index contributed by atoms with van der Waals surface area (Å²) in [4.78, 5) is 13.9. The summed E-state index contributed by atoms with van der Waals surface area (Å²) in [5.74, 6) is 0.662. The largest absolute Gasteiger partial charge is 0.392 e. The molecule has 1 atom stereocenters. The topological polar surface area (TPSA) is 40.5 Å². The van der Waals surface area contributed by atoms with Gasteiger partial charge in [-0.25, -0.2) is 0 Å². The van der Waals surface area contributed by atoms with Gasteiger partial charge >= 0.3 is 0 Å². The summed E-state index contributed by atoms with van der Waals surface area (Å²) in [5, 5.41) is 9.16. The Morgan fingerprint density at radius 1 is 1.40 bits per heavy atom. The third kappa shape index (κ3) is 3.94. The Hall–Kier alpha value is -1.61. The van der Waals surface area contributed by atoms with Crippen molar-refractivity contribution < 1.29 is 9.90 Å². The summed E-state index contributed by atoms with van der Waals surface area (Å²) < 4.78 is 0. The van der Waals surface area contributed by atoms with Crippen molar-refractivity contribution in [3.63, 3.8) is 0 Å². The van der Waals surface area contributed by atoms with E-state index in [4.69, 9.17) is 5.11 Å². The molecule has 1 aromatic rings. The Balaban J connectivity index is 1.93. The number of allylic oxidation sites excluding steroid dienone is 1. The van der Waals surface area contributed by atoms with E-state index in [-0.39, 0.29) is 12.5 Å². The minimum absolute atomic E-state index is 0.0870. The van der Waals surface area contributed by atoms with Gasteiger partial charge in [0, 0.05) is 19.2 Å². The molecule has 20 heavy (non-hydrogen) atoms. The maximum Gasteiger partial charge on any atom is 0.246 e. The van der Waals surface area contributed by atoms with Crippen molar-refractivity contribution in [1.82, 2.24) is 4.90 Å². The molecule has 2 rings (SSSR count). The number of benzene rings is 1. The monoisotopic (exact) mass is 273 g/mol. The summed E-state index contributed by atoms with van der Waals surface area (Å²) in [6, 6.07) is 8.07. The first kappa shape index (κ1) is 14.8. The first-order valence-electron chi connectivity index (χ1n) is 7.21. The maximum atomic E-state index is 12.0. The standard InChI is InChI=1S/C17H23NO2/c1-13(2)8-17(20)18-7-6-15(11-18)9-14-4-3-5-16(10-14)12-19/h3-5,8,10,15,19H,6-7,9,11-12H2,1-2H3/t15-/m0/s1. The zero-order chi connectivity index (χ0) is 14.5. The average molecular weight is 273 g/mol. The van der Waals surface area contributed by atoms with Gasteiger partial charge in [0.15, 0.2) is 0 Å². The molecule has 3 heteroatoms. The highest BCUT2D eigenvalue weighted by Gasteiger charge is 2.25. The van der Waals surface area contributed by atoms with E-state index in [1.165, 1.54) is 5.56 Å². The summed E-state index contributed by atoms with van der Waals surface area (Å²) in [6.45, 7) is 5.68. The molecule has 0 aromatic heterocycles. The van der Waals surface area contributed by atoms with Crippen LogP contribution in [0.5, 0.6) is 0 Å². The SMILES string of the molecule is CC(C)=CC(=O)N1CC[C@@H](Cc2cccc(CO)c2)C1. The number of likely N-dealkylation sites (tertiary alicyclic amines) is 1. The van der Waals surface area contributed by atoms with Gasteiger partial charge in [0.1, 0.15) is 0 Å². The number of nitrogens with zero attached hydrogens (tertiary/aromatic N) is 1.